The highest BCUT2D eigenvalue weighted by molar-refractivity contribution is 6.32. The molecule has 2 fully saturated rings. The van der Waals surface area contributed by atoms with Crippen molar-refractivity contribution < 1.29 is 19.5 Å². The van der Waals surface area contributed by atoms with Crippen molar-refractivity contribution in [2.24, 2.45) is 5.92 Å². The van der Waals surface area contributed by atoms with Crippen molar-refractivity contribution in [3.8, 4) is 5.75 Å². The number of nitrogens with zero attached hydrogens (tertiary/aromatic N) is 3. The Morgan fingerprint density at radius 3 is 2.36 bits per heavy atom. The van der Waals surface area contributed by atoms with Gasteiger partial charge in [-0.1, -0.05) is 41.9 Å². The summed E-state index contributed by atoms with van der Waals surface area (Å²) in [7, 11) is 1.81. The topological polar surface area (TPSA) is 85.3 Å². The van der Waals surface area contributed by atoms with Crippen molar-refractivity contribution in [3.05, 3.63) is 59.6 Å². The van der Waals surface area contributed by atoms with Gasteiger partial charge in [0.1, 0.15) is 17.9 Å². The first-order chi connectivity index (χ1) is 16.0. The molecule has 2 aliphatic heterocycles. The quantitative estimate of drug-likeness (QED) is 0.513. The van der Waals surface area contributed by atoms with Gasteiger partial charge in [0.25, 0.3) is 0 Å². The van der Waals surface area contributed by atoms with E-state index in [1.165, 1.54) is 0 Å². The maximum atomic E-state index is 13.5. The van der Waals surface area contributed by atoms with Gasteiger partial charge in [-0.25, -0.2) is 5.48 Å². The number of anilines is 1. The van der Waals surface area contributed by atoms with Gasteiger partial charge in [0.05, 0.1) is 10.9 Å². The zero-order valence-electron chi connectivity index (χ0n) is 18.6. The van der Waals surface area contributed by atoms with Crippen molar-refractivity contribution in [1.82, 2.24) is 15.3 Å². The van der Waals surface area contributed by atoms with Gasteiger partial charge in [-0.05, 0) is 37.7 Å². The summed E-state index contributed by atoms with van der Waals surface area (Å²) in [5.74, 6) is -0.908. The van der Waals surface area contributed by atoms with E-state index in [4.69, 9.17) is 16.3 Å². The summed E-state index contributed by atoms with van der Waals surface area (Å²) in [5.41, 5.74) is 2.88. The number of halogens is 1. The van der Waals surface area contributed by atoms with Crippen LogP contribution in [0.1, 0.15) is 6.42 Å². The third-order valence-corrected chi connectivity index (χ3v) is 6.72. The lowest BCUT2D eigenvalue weighted by Crippen LogP contribution is -2.62. The second kappa shape index (κ2) is 10.4. The van der Waals surface area contributed by atoms with Crippen molar-refractivity contribution >= 4 is 29.1 Å². The molecule has 2 saturated heterocycles. The largest absolute Gasteiger partial charge is 0.488 e. The summed E-state index contributed by atoms with van der Waals surface area (Å²) in [4.78, 5) is 32.0. The smallest absolute Gasteiger partial charge is 0.248 e. The molecule has 176 valence electrons. The van der Waals surface area contributed by atoms with E-state index >= 15 is 0 Å². The fourth-order valence-corrected chi connectivity index (χ4v) is 4.92. The van der Waals surface area contributed by atoms with Crippen LogP contribution in [0.2, 0.25) is 5.02 Å². The Hall–Kier alpha value is -2.81. The zero-order valence-corrected chi connectivity index (χ0v) is 19.3. The number of piperazine rings is 1. The van der Waals surface area contributed by atoms with Gasteiger partial charge < -0.3 is 14.5 Å². The molecule has 4 rings (SSSR count). The van der Waals surface area contributed by atoms with E-state index in [2.05, 4.69) is 17.0 Å². The van der Waals surface area contributed by atoms with Gasteiger partial charge in [-0.2, -0.15) is 0 Å². The van der Waals surface area contributed by atoms with Crippen LogP contribution in [0.5, 0.6) is 5.75 Å². The van der Waals surface area contributed by atoms with Crippen molar-refractivity contribution in [3.63, 3.8) is 0 Å². The minimum atomic E-state index is -0.749. The van der Waals surface area contributed by atoms with Gasteiger partial charge in [0.2, 0.25) is 11.8 Å². The monoisotopic (exact) mass is 472 g/mol. The number of carbonyl (C=O) groups is 2. The van der Waals surface area contributed by atoms with E-state index < -0.39 is 17.9 Å². The highest BCUT2D eigenvalue weighted by Gasteiger charge is 2.45. The number of hydrogen-bond acceptors (Lipinski definition) is 6. The zero-order chi connectivity index (χ0) is 23.4. The van der Waals surface area contributed by atoms with E-state index in [-0.39, 0.29) is 12.0 Å². The molecule has 2 aromatic carbocycles. The fourth-order valence-electron chi connectivity index (χ4n) is 4.74. The number of benzene rings is 2. The predicted molar refractivity (Wildman–Crippen MR) is 126 cm³/mol. The predicted octanol–water partition coefficient (Wildman–Crippen LogP) is 2.26. The summed E-state index contributed by atoms with van der Waals surface area (Å²) in [6.45, 7) is 3.06. The molecule has 2 aromatic rings. The molecule has 0 spiro atoms. The Labute approximate surface area is 198 Å². The van der Waals surface area contributed by atoms with Crippen LogP contribution in [0.3, 0.4) is 0 Å². The third kappa shape index (κ3) is 5.24. The van der Waals surface area contributed by atoms with Crippen LogP contribution in [0.15, 0.2) is 54.6 Å². The molecular weight excluding hydrogens is 444 g/mol. The van der Waals surface area contributed by atoms with Crippen molar-refractivity contribution in [1.29, 1.82) is 0 Å². The summed E-state index contributed by atoms with van der Waals surface area (Å²) in [6, 6.07) is 16.6. The van der Waals surface area contributed by atoms with Gasteiger partial charge >= 0.3 is 0 Å². The maximum Gasteiger partial charge on any atom is 0.248 e. The minimum absolute atomic E-state index is 0.102. The second-order valence-electron chi connectivity index (χ2n) is 8.52. The first-order valence-electron chi connectivity index (χ1n) is 11.1. The number of likely N-dealkylation sites (tertiary alicyclic amines) is 1. The Morgan fingerprint density at radius 1 is 1.03 bits per heavy atom. The number of carbonyl (C=O) groups excluding carboxylic acids is 2. The van der Waals surface area contributed by atoms with E-state index in [0.717, 1.165) is 18.8 Å². The van der Waals surface area contributed by atoms with E-state index in [1.54, 1.807) is 17.6 Å². The maximum absolute atomic E-state index is 13.5. The minimum Gasteiger partial charge on any atom is -0.488 e. The summed E-state index contributed by atoms with van der Waals surface area (Å²) < 4.78 is 6.05. The molecule has 3 atom stereocenters. The molecule has 0 aliphatic carbocycles. The highest BCUT2D eigenvalue weighted by atomic mass is 35.5. The first-order valence-corrected chi connectivity index (χ1v) is 11.5. The first kappa shape index (κ1) is 23.4. The van der Waals surface area contributed by atoms with Crippen molar-refractivity contribution in [2.75, 3.05) is 44.7 Å². The summed E-state index contributed by atoms with van der Waals surface area (Å²) in [5, 5.41) is 9.84. The number of hydroxylamine groups is 1. The summed E-state index contributed by atoms with van der Waals surface area (Å²) >= 11 is 6.22. The summed E-state index contributed by atoms with van der Waals surface area (Å²) in [6.07, 6.45) is -0.0568. The van der Waals surface area contributed by atoms with Crippen LogP contribution in [0.25, 0.3) is 0 Å². The van der Waals surface area contributed by atoms with Gasteiger partial charge in [0, 0.05) is 38.4 Å². The molecule has 0 saturated carbocycles. The average Bonchev–Trinajstić information content (AvgIpc) is 2.85. The molecule has 8 nitrogen and oxygen atoms in total. The van der Waals surface area contributed by atoms with Crippen LogP contribution >= 0.6 is 11.6 Å². The number of rotatable bonds is 5. The number of para-hydroxylation sites is 2. The Bertz CT molecular complexity index is 968. The number of nitrogens with one attached hydrogen (secondary N) is 1. The lowest BCUT2D eigenvalue weighted by atomic mass is 9.86. The number of ether oxygens (including phenoxy) is 1. The SMILES string of the molecule is CN1C[C@@H](Oc2ccccc2Cl)C[C@H](C(=O)NO)[C@H]1C(=O)N1CCN(c2ccccc2)CC1. The van der Waals surface area contributed by atoms with Crippen LogP contribution in [-0.2, 0) is 9.59 Å². The third-order valence-electron chi connectivity index (χ3n) is 6.41. The second-order valence-corrected chi connectivity index (χ2v) is 8.93. The molecule has 0 radical (unpaired) electrons. The molecular formula is C24H29ClN4O4. The lowest BCUT2D eigenvalue weighted by Gasteiger charge is -2.44. The van der Waals surface area contributed by atoms with Gasteiger partial charge in [-0.3, -0.25) is 19.7 Å². The molecule has 2 heterocycles. The van der Waals surface area contributed by atoms with E-state index in [1.807, 2.05) is 47.2 Å². The van der Waals surface area contributed by atoms with E-state index in [9.17, 15) is 14.8 Å². The van der Waals surface area contributed by atoms with Crippen molar-refractivity contribution in [2.45, 2.75) is 18.6 Å². The molecule has 0 unspecified atom stereocenters. The fraction of sp³-hybridized carbons (Fsp3) is 0.417. The van der Waals surface area contributed by atoms with Crippen LogP contribution < -0.4 is 15.1 Å². The molecule has 2 aliphatic rings. The molecule has 33 heavy (non-hydrogen) atoms. The van der Waals surface area contributed by atoms with E-state index in [0.29, 0.717) is 36.8 Å². The molecule has 0 bridgehead atoms. The number of hydrogen-bond donors (Lipinski definition) is 2. The van der Waals surface area contributed by atoms with Gasteiger partial charge in [0.15, 0.2) is 0 Å². The standard InChI is InChI=1S/C24H29ClN4O4/c1-27-16-18(33-21-10-6-5-9-20(21)25)15-19(23(30)26-32)22(27)24(31)29-13-11-28(12-14-29)17-7-3-2-4-8-17/h2-10,18-19,22,32H,11-16H2,1H3,(H,26,30)/t18-,19-,22-/m0/s1. The van der Waals surface area contributed by atoms with Crippen LogP contribution in [-0.4, -0.2) is 78.7 Å². The number of piperidine rings is 1. The Balaban J connectivity index is 1.44. The van der Waals surface area contributed by atoms with Gasteiger partial charge in [-0.15, -0.1) is 0 Å². The number of likely N-dealkylation sites (N-methyl/N-ethyl adjacent to an activating group) is 1. The molecule has 0 aromatic heterocycles. The van der Waals surface area contributed by atoms with Crippen LogP contribution in [0.4, 0.5) is 5.69 Å². The average molecular weight is 473 g/mol. The van der Waals surface area contributed by atoms with Crippen LogP contribution in [0, 0.1) is 5.92 Å². The molecule has 2 amide bonds. The Morgan fingerprint density at radius 2 is 1.70 bits per heavy atom. The Kier molecular flexibility index (Phi) is 7.37. The highest BCUT2D eigenvalue weighted by Crippen LogP contribution is 2.31. The molecule has 9 heteroatoms. The normalized spacial score (nSPS) is 23.8. The number of amides is 2. The lowest BCUT2D eigenvalue weighted by molar-refractivity contribution is -0.151. The molecule has 2 N–H and O–H groups in total.